The van der Waals surface area contributed by atoms with E-state index >= 15 is 0 Å². The molecule has 3 saturated heterocycles. The molecule has 0 aliphatic carbocycles. The summed E-state index contributed by atoms with van der Waals surface area (Å²) in [6.45, 7) is 3.59. The van der Waals surface area contributed by atoms with E-state index in [0.717, 1.165) is 0 Å². The minimum atomic E-state index is -1.17. The van der Waals surface area contributed by atoms with Gasteiger partial charge in [-0.2, -0.15) is 5.26 Å². The number of nitrogens with zero attached hydrogens (tertiary/aromatic N) is 3. The average molecular weight is 482 g/mol. The average Bonchev–Trinajstić information content (AvgIpc) is 3.32. The highest BCUT2D eigenvalue weighted by Gasteiger charge is 2.81. The summed E-state index contributed by atoms with van der Waals surface area (Å²) in [5.41, 5.74) is -0.353. The highest BCUT2D eigenvalue weighted by atomic mass is 79.9. The lowest BCUT2D eigenvalue weighted by Crippen LogP contribution is -2.60. The van der Waals surface area contributed by atoms with Crippen LogP contribution >= 0.6 is 15.9 Å². The first-order valence-electron chi connectivity index (χ1n) is 8.68. The summed E-state index contributed by atoms with van der Waals surface area (Å²) in [5.74, 6) is 0.671. The van der Waals surface area contributed by atoms with Crippen molar-refractivity contribution in [1.82, 2.24) is 9.80 Å². The maximum atomic E-state index is 13.6. The van der Waals surface area contributed by atoms with Gasteiger partial charge in [0, 0.05) is 23.5 Å². The molecular formula is C18H16BrN3O4S2. The first-order chi connectivity index (χ1) is 13.1. The van der Waals surface area contributed by atoms with E-state index in [1.807, 2.05) is 6.07 Å². The minimum Gasteiger partial charge on any atom is -0.454 e. The molecule has 4 heterocycles. The lowest BCUT2D eigenvalue weighted by molar-refractivity contribution is -0.159. The largest absolute Gasteiger partial charge is 0.454 e. The standard InChI is InChI=1S/C18H16BrN3O4S2/c1-16(7-20)6-18-15(24)21(3)17(2,28(18)27)14(23)22(18)13(16)11-9(19)4-5-10-12(11)26-8-25-10/h4-5,13H,6,8H2,1-3H3/t13?,16-,17?,18?,28?/m1/s1. The Morgan fingerprint density at radius 3 is 2.71 bits per heavy atom. The SMILES string of the molecule is CN1C(=O)C23C[C@](C)(C#N)C(c4c(Br)ccc5c4OCO5)N2C(=O)C1(C)S3=S. The smallest absolute Gasteiger partial charge is 0.261 e. The van der Waals surface area contributed by atoms with E-state index in [2.05, 4.69) is 22.0 Å². The molecule has 3 fully saturated rings. The van der Waals surface area contributed by atoms with Gasteiger partial charge >= 0.3 is 0 Å². The van der Waals surface area contributed by atoms with E-state index in [0.29, 0.717) is 21.5 Å². The van der Waals surface area contributed by atoms with Gasteiger partial charge in [-0.3, -0.25) is 9.59 Å². The topological polar surface area (TPSA) is 82.9 Å². The Morgan fingerprint density at radius 2 is 2.04 bits per heavy atom. The van der Waals surface area contributed by atoms with E-state index in [1.54, 1.807) is 31.9 Å². The van der Waals surface area contributed by atoms with Crippen LogP contribution in [0.25, 0.3) is 0 Å². The third kappa shape index (κ3) is 1.69. The fourth-order valence-electron chi connectivity index (χ4n) is 5.00. The molecule has 28 heavy (non-hydrogen) atoms. The fourth-order valence-corrected chi connectivity index (χ4v) is 9.04. The van der Waals surface area contributed by atoms with Crippen molar-refractivity contribution < 1.29 is 19.1 Å². The summed E-state index contributed by atoms with van der Waals surface area (Å²) in [7, 11) is 0.644. The van der Waals surface area contributed by atoms with Crippen molar-refractivity contribution in [2.45, 2.75) is 36.1 Å². The van der Waals surface area contributed by atoms with E-state index in [-0.39, 0.29) is 25.0 Å². The van der Waals surface area contributed by atoms with Crippen molar-refractivity contribution in [2.75, 3.05) is 13.8 Å². The predicted molar refractivity (Wildman–Crippen MR) is 107 cm³/mol. The zero-order valence-electron chi connectivity index (χ0n) is 15.3. The molecule has 4 unspecified atom stereocenters. The van der Waals surface area contributed by atoms with E-state index in [1.165, 1.54) is 4.90 Å². The van der Waals surface area contributed by atoms with Gasteiger partial charge < -0.3 is 19.3 Å². The fraction of sp³-hybridized carbons (Fsp3) is 0.500. The molecule has 2 amide bonds. The van der Waals surface area contributed by atoms with Crippen molar-refractivity contribution in [3.63, 3.8) is 0 Å². The molecule has 0 N–H and O–H groups in total. The van der Waals surface area contributed by atoms with Gasteiger partial charge in [0.1, 0.15) is 0 Å². The van der Waals surface area contributed by atoms with Crippen LogP contribution in [0.5, 0.6) is 11.5 Å². The molecule has 0 aromatic heterocycles. The number of nitriles is 1. The maximum absolute atomic E-state index is 13.6. The molecule has 2 bridgehead atoms. The summed E-state index contributed by atoms with van der Waals surface area (Å²) >= 11 is 9.36. The predicted octanol–water partition coefficient (Wildman–Crippen LogP) is 1.96. The van der Waals surface area contributed by atoms with Crippen LogP contribution in [0, 0.1) is 16.7 Å². The molecule has 10 heteroatoms. The van der Waals surface area contributed by atoms with Crippen LogP contribution < -0.4 is 9.47 Å². The zero-order chi connectivity index (χ0) is 20.2. The Morgan fingerprint density at radius 1 is 1.32 bits per heavy atom. The van der Waals surface area contributed by atoms with Crippen LogP contribution in [0.15, 0.2) is 16.6 Å². The number of likely N-dealkylation sites (N-methyl/N-ethyl adjacent to an activating group) is 1. The van der Waals surface area contributed by atoms with Crippen LogP contribution in [0.4, 0.5) is 0 Å². The molecule has 1 spiro atoms. The van der Waals surface area contributed by atoms with Crippen molar-refractivity contribution in [2.24, 2.45) is 5.41 Å². The second kappa shape index (κ2) is 5.26. The molecule has 4 aliphatic heterocycles. The van der Waals surface area contributed by atoms with Crippen LogP contribution in [-0.4, -0.2) is 45.2 Å². The van der Waals surface area contributed by atoms with Crippen LogP contribution in [-0.2, 0) is 30.2 Å². The number of hydrogen-bond acceptors (Lipinski definition) is 6. The lowest BCUT2D eigenvalue weighted by Gasteiger charge is -2.40. The summed E-state index contributed by atoms with van der Waals surface area (Å²) in [4.78, 5) is 27.8. The number of rotatable bonds is 1. The number of ether oxygens (including phenoxy) is 2. The highest BCUT2D eigenvalue weighted by Crippen LogP contribution is 2.66. The summed E-state index contributed by atoms with van der Waals surface area (Å²) in [5, 5.41) is 10.1. The van der Waals surface area contributed by atoms with Crippen LogP contribution in [0.1, 0.15) is 31.9 Å². The van der Waals surface area contributed by atoms with E-state index < -0.39 is 30.7 Å². The molecule has 0 saturated carbocycles. The first kappa shape index (κ1) is 18.3. The number of benzene rings is 1. The lowest BCUT2D eigenvalue weighted by atomic mass is 9.79. The number of piperazine rings is 1. The van der Waals surface area contributed by atoms with Crippen molar-refractivity contribution in [1.29, 1.82) is 5.26 Å². The van der Waals surface area contributed by atoms with Crippen LogP contribution in [0.2, 0.25) is 0 Å². The molecule has 5 rings (SSSR count). The number of carbonyl (C=O) groups is 2. The van der Waals surface area contributed by atoms with Gasteiger partial charge in [0.15, 0.2) is 21.2 Å². The Labute approximate surface area is 177 Å². The number of carbonyl (C=O) groups excluding carboxylic acids is 2. The number of halogens is 1. The van der Waals surface area contributed by atoms with Gasteiger partial charge in [-0.25, -0.2) is 0 Å². The Bertz CT molecular complexity index is 1060. The van der Waals surface area contributed by atoms with E-state index in [4.69, 9.17) is 20.7 Å². The van der Waals surface area contributed by atoms with Crippen molar-refractivity contribution >= 4 is 48.4 Å². The van der Waals surface area contributed by atoms with E-state index in [9.17, 15) is 14.9 Å². The normalized spacial score (nSPS) is 40.2. The maximum Gasteiger partial charge on any atom is 0.261 e. The van der Waals surface area contributed by atoms with Gasteiger partial charge in [-0.1, -0.05) is 25.4 Å². The molecule has 4 aliphatic rings. The Balaban J connectivity index is 1.81. The highest BCUT2D eigenvalue weighted by molar-refractivity contribution is 9.10. The van der Waals surface area contributed by atoms with Crippen molar-refractivity contribution in [3.05, 3.63) is 22.2 Å². The first-order valence-corrected chi connectivity index (χ1v) is 11.6. The summed E-state index contributed by atoms with van der Waals surface area (Å²) < 4.78 is 11.9. The van der Waals surface area contributed by atoms with Crippen LogP contribution in [0.3, 0.4) is 0 Å². The number of hydrogen-bond donors (Lipinski definition) is 0. The molecule has 7 nitrogen and oxygen atoms in total. The van der Waals surface area contributed by atoms with Gasteiger partial charge in [-0.15, -0.1) is 0 Å². The second-order valence-corrected chi connectivity index (χ2v) is 11.7. The molecule has 146 valence electrons. The molecule has 1 aromatic carbocycles. The van der Waals surface area contributed by atoms with Gasteiger partial charge in [0.25, 0.3) is 11.8 Å². The molecule has 5 atom stereocenters. The zero-order valence-corrected chi connectivity index (χ0v) is 18.5. The minimum absolute atomic E-state index is 0.0681. The second-order valence-electron chi connectivity index (χ2n) is 7.88. The van der Waals surface area contributed by atoms with Gasteiger partial charge in [0.2, 0.25) is 6.79 Å². The molecular weight excluding hydrogens is 466 g/mol. The van der Waals surface area contributed by atoms with Gasteiger partial charge in [-0.05, 0) is 37.2 Å². The summed E-state index contributed by atoms with van der Waals surface area (Å²) in [6.07, 6.45) is 0.204. The number of fused-ring (bicyclic) bond motifs is 2. The Kier molecular flexibility index (Phi) is 3.44. The monoisotopic (exact) mass is 481 g/mol. The molecule has 1 aromatic rings. The third-order valence-corrected chi connectivity index (χ3v) is 11.3. The molecule has 0 radical (unpaired) electrons. The third-order valence-electron chi connectivity index (χ3n) is 6.47. The van der Waals surface area contributed by atoms with Crippen molar-refractivity contribution in [3.8, 4) is 17.6 Å². The summed E-state index contributed by atoms with van der Waals surface area (Å²) in [6, 6.07) is 5.30. The quantitative estimate of drug-likeness (QED) is 0.609. The van der Waals surface area contributed by atoms with Gasteiger partial charge in [0.05, 0.1) is 17.5 Å². The number of amides is 2. The Hall–Kier alpha value is -1.70.